The maximum Gasteiger partial charge on any atom is 0.0284 e. The summed E-state index contributed by atoms with van der Waals surface area (Å²) in [5.74, 6) is 1.01. The fraction of sp³-hybridized carbons (Fsp3) is 1.00. The fourth-order valence-electron chi connectivity index (χ4n) is 2.81. The van der Waals surface area contributed by atoms with Crippen molar-refractivity contribution in [1.29, 1.82) is 0 Å². The Morgan fingerprint density at radius 1 is 1.20 bits per heavy atom. The summed E-state index contributed by atoms with van der Waals surface area (Å²) in [4.78, 5) is 2.45. The van der Waals surface area contributed by atoms with Gasteiger partial charge in [-0.25, -0.2) is 0 Å². The van der Waals surface area contributed by atoms with Crippen LogP contribution in [-0.4, -0.2) is 30.6 Å². The van der Waals surface area contributed by atoms with Gasteiger partial charge >= 0.3 is 0 Å². The Kier molecular flexibility index (Phi) is 3.68. The molecule has 0 amide bonds. The highest BCUT2D eigenvalue weighted by molar-refractivity contribution is 5.00. The Balaban J connectivity index is 1.59. The Morgan fingerprint density at radius 2 is 1.87 bits per heavy atom. The molecule has 0 aliphatic heterocycles. The molecule has 2 aliphatic rings. The molecule has 0 aromatic rings. The minimum atomic E-state index is 0.196. The number of hydrogen-bond donors (Lipinski definition) is 1. The Hall–Kier alpha value is -0.0800. The molecule has 0 atom stereocenters. The molecule has 2 heteroatoms. The highest BCUT2D eigenvalue weighted by atomic mass is 15.1. The van der Waals surface area contributed by atoms with E-state index < -0.39 is 0 Å². The van der Waals surface area contributed by atoms with Gasteiger partial charge < -0.3 is 10.6 Å². The molecule has 2 nitrogen and oxygen atoms in total. The Bertz CT molecular complexity index is 193. The van der Waals surface area contributed by atoms with E-state index in [-0.39, 0.29) is 5.54 Å². The van der Waals surface area contributed by atoms with Gasteiger partial charge in [-0.1, -0.05) is 32.1 Å². The van der Waals surface area contributed by atoms with Crippen molar-refractivity contribution in [3.05, 3.63) is 0 Å². The molecular weight excluding hydrogens is 184 g/mol. The number of rotatable bonds is 5. The zero-order valence-electron chi connectivity index (χ0n) is 10.2. The van der Waals surface area contributed by atoms with Gasteiger partial charge in [0.15, 0.2) is 0 Å². The van der Waals surface area contributed by atoms with E-state index in [0.29, 0.717) is 0 Å². The van der Waals surface area contributed by atoms with Crippen LogP contribution >= 0.6 is 0 Å². The van der Waals surface area contributed by atoms with Gasteiger partial charge in [0.05, 0.1) is 0 Å². The lowest BCUT2D eigenvalue weighted by Gasteiger charge is -2.26. The van der Waals surface area contributed by atoms with Crippen molar-refractivity contribution < 1.29 is 0 Å². The summed E-state index contributed by atoms with van der Waals surface area (Å²) in [6.07, 6.45) is 11.2. The average Bonchev–Trinajstić information content (AvgIpc) is 2.95. The summed E-state index contributed by atoms with van der Waals surface area (Å²) < 4.78 is 0. The summed E-state index contributed by atoms with van der Waals surface area (Å²) in [6.45, 7) is 2.36. The van der Waals surface area contributed by atoms with Gasteiger partial charge in [0, 0.05) is 12.1 Å². The lowest BCUT2D eigenvalue weighted by Crippen LogP contribution is -2.38. The standard InChI is InChI=1S/C13H26N2/c1-15(11-13(14)8-9-13)10-7-12-5-3-2-4-6-12/h12H,2-11,14H2,1H3. The summed E-state index contributed by atoms with van der Waals surface area (Å²) in [7, 11) is 2.23. The highest BCUT2D eigenvalue weighted by Crippen LogP contribution is 2.33. The molecule has 2 rings (SSSR count). The molecule has 2 aliphatic carbocycles. The summed E-state index contributed by atoms with van der Waals surface area (Å²) in [5, 5.41) is 0. The molecule has 0 saturated heterocycles. The molecule has 0 heterocycles. The second-order valence-corrected chi connectivity index (χ2v) is 5.89. The molecule has 0 spiro atoms. The third-order valence-electron chi connectivity index (χ3n) is 4.12. The van der Waals surface area contributed by atoms with Gasteiger partial charge in [0.25, 0.3) is 0 Å². The van der Waals surface area contributed by atoms with E-state index in [1.54, 1.807) is 0 Å². The summed E-state index contributed by atoms with van der Waals surface area (Å²) >= 11 is 0. The van der Waals surface area contributed by atoms with Gasteiger partial charge in [-0.3, -0.25) is 0 Å². The van der Waals surface area contributed by atoms with Gasteiger partial charge in [-0.2, -0.15) is 0 Å². The summed E-state index contributed by atoms with van der Waals surface area (Å²) in [6, 6.07) is 0. The number of nitrogens with zero attached hydrogens (tertiary/aromatic N) is 1. The summed E-state index contributed by atoms with van der Waals surface area (Å²) in [5.41, 5.74) is 6.31. The maximum absolute atomic E-state index is 6.11. The minimum absolute atomic E-state index is 0.196. The van der Waals surface area contributed by atoms with E-state index >= 15 is 0 Å². The molecule has 88 valence electrons. The molecular formula is C13H26N2. The van der Waals surface area contributed by atoms with Crippen molar-refractivity contribution in [2.24, 2.45) is 11.7 Å². The molecule has 15 heavy (non-hydrogen) atoms. The van der Waals surface area contributed by atoms with Crippen molar-refractivity contribution >= 4 is 0 Å². The van der Waals surface area contributed by atoms with E-state index in [1.165, 1.54) is 57.9 Å². The van der Waals surface area contributed by atoms with E-state index in [1.807, 2.05) is 0 Å². The lowest BCUT2D eigenvalue weighted by molar-refractivity contribution is 0.251. The van der Waals surface area contributed by atoms with E-state index in [4.69, 9.17) is 5.73 Å². The first-order valence-electron chi connectivity index (χ1n) is 6.65. The monoisotopic (exact) mass is 210 g/mol. The first-order valence-corrected chi connectivity index (χ1v) is 6.65. The SMILES string of the molecule is CN(CCC1CCCCC1)CC1(N)CC1. The van der Waals surface area contributed by atoms with Crippen LogP contribution in [0, 0.1) is 5.92 Å². The molecule has 0 aromatic heterocycles. The van der Waals surface area contributed by atoms with Crippen molar-refractivity contribution in [3.63, 3.8) is 0 Å². The predicted molar refractivity (Wildman–Crippen MR) is 64.8 cm³/mol. The van der Waals surface area contributed by atoms with Crippen LogP contribution in [-0.2, 0) is 0 Å². The van der Waals surface area contributed by atoms with Gasteiger partial charge in [-0.05, 0) is 38.8 Å². The van der Waals surface area contributed by atoms with Crippen LogP contribution in [0.1, 0.15) is 51.4 Å². The van der Waals surface area contributed by atoms with Gasteiger partial charge in [0.1, 0.15) is 0 Å². The van der Waals surface area contributed by atoms with Crippen molar-refractivity contribution in [2.45, 2.75) is 56.9 Å². The molecule has 2 N–H and O–H groups in total. The van der Waals surface area contributed by atoms with Crippen molar-refractivity contribution in [1.82, 2.24) is 4.90 Å². The predicted octanol–water partition coefficient (Wildman–Crippen LogP) is 2.38. The molecule has 2 saturated carbocycles. The van der Waals surface area contributed by atoms with Crippen LogP contribution in [0.25, 0.3) is 0 Å². The second-order valence-electron chi connectivity index (χ2n) is 5.89. The number of nitrogens with two attached hydrogens (primary N) is 1. The van der Waals surface area contributed by atoms with Crippen LogP contribution < -0.4 is 5.73 Å². The Morgan fingerprint density at radius 3 is 2.47 bits per heavy atom. The quantitative estimate of drug-likeness (QED) is 0.755. The molecule has 0 bridgehead atoms. The topological polar surface area (TPSA) is 29.3 Å². The molecule has 0 radical (unpaired) electrons. The smallest absolute Gasteiger partial charge is 0.0284 e. The molecule has 0 aromatic carbocycles. The highest BCUT2D eigenvalue weighted by Gasteiger charge is 2.38. The fourth-order valence-corrected chi connectivity index (χ4v) is 2.81. The first-order chi connectivity index (χ1) is 7.18. The zero-order chi connectivity index (χ0) is 10.7. The van der Waals surface area contributed by atoms with Crippen LogP contribution in [0.15, 0.2) is 0 Å². The first kappa shape index (κ1) is 11.4. The average molecular weight is 210 g/mol. The van der Waals surface area contributed by atoms with Crippen LogP contribution in [0.4, 0.5) is 0 Å². The van der Waals surface area contributed by atoms with Crippen molar-refractivity contribution in [2.75, 3.05) is 20.1 Å². The van der Waals surface area contributed by atoms with Gasteiger partial charge in [0.2, 0.25) is 0 Å². The molecule has 2 fully saturated rings. The van der Waals surface area contributed by atoms with Crippen LogP contribution in [0.3, 0.4) is 0 Å². The minimum Gasteiger partial charge on any atom is -0.324 e. The van der Waals surface area contributed by atoms with Gasteiger partial charge in [-0.15, -0.1) is 0 Å². The largest absolute Gasteiger partial charge is 0.324 e. The number of likely N-dealkylation sites (N-methyl/N-ethyl adjacent to an activating group) is 1. The zero-order valence-corrected chi connectivity index (χ0v) is 10.2. The van der Waals surface area contributed by atoms with E-state index in [9.17, 15) is 0 Å². The normalized spacial score (nSPS) is 25.8. The third-order valence-corrected chi connectivity index (χ3v) is 4.12. The van der Waals surface area contributed by atoms with Crippen LogP contribution in [0.2, 0.25) is 0 Å². The van der Waals surface area contributed by atoms with Crippen LogP contribution in [0.5, 0.6) is 0 Å². The Labute approximate surface area is 94.2 Å². The van der Waals surface area contributed by atoms with E-state index in [2.05, 4.69) is 11.9 Å². The molecule has 0 unspecified atom stereocenters. The van der Waals surface area contributed by atoms with E-state index in [0.717, 1.165) is 12.5 Å². The third kappa shape index (κ3) is 3.76. The lowest BCUT2D eigenvalue weighted by atomic mass is 9.87. The number of hydrogen-bond acceptors (Lipinski definition) is 2. The maximum atomic E-state index is 6.11. The second kappa shape index (κ2) is 4.84. The van der Waals surface area contributed by atoms with Crippen molar-refractivity contribution in [3.8, 4) is 0 Å².